The number of hydrogen-bond donors (Lipinski definition) is 0. The summed E-state index contributed by atoms with van der Waals surface area (Å²) in [4.78, 5) is 24.9. The lowest BCUT2D eigenvalue weighted by Gasteiger charge is -2.13. The molecule has 0 fully saturated rings. The van der Waals surface area contributed by atoms with Gasteiger partial charge in [-0.1, -0.05) is 51.7 Å². The molecular formula is C25H38O4Si. The number of carbonyl (C=O) groups is 2. The minimum absolute atomic E-state index is 0.312. The molecule has 0 aromatic carbocycles. The van der Waals surface area contributed by atoms with Crippen LogP contribution in [0.25, 0.3) is 0 Å². The molecule has 0 spiro atoms. The highest BCUT2D eigenvalue weighted by Crippen LogP contribution is 2.32. The van der Waals surface area contributed by atoms with E-state index in [9.17, 15) is 9.59 Å². The Morgan fingerprint density at radius 2 is 1.73 bits per heavy atom. The van der Waals surface area contributed by atoms with Crippen LogP contribution in [0.3, 0.4) is 0 Å². The number of allylic oxidation sites excluding steroid dienone is 3. The molecule has 0 N–H and O–H groups in total. The summed E-state index contributed by atoms with van der Waals surface area (Å²) in [5.41, 5.74) is 6.79. The summed E-state index contributed by atoms with van der Waals surface area (Å²) in [6.45, 7) is 13.1. The summed E-state index contributed by atoms with van der Waals surface area (Å²) in [5, 5.41) is 0. The third-order valence-corrected chi connectivity index (χ3v) is 5.51. The normalized spacial score (nSPS) is 15.8. The van der Waals surface area contributed by atoms with Crippen LogP contribution in [-0.4, -0.2) is 33.2 Å². The standard InChI is InChI=1S/C25H38O4Si/c1-7-10-11-12-13-22-21(16-17-30(4,5)6)15-14-20(19-24(26)28-8-2)18-23(22)25(27)29-9-3/h18-19H,7-15H2,1-6H3/b20-19+. The topological polar surface area (TPSA) is 52.6 Å². The van der Waals surface area contributed by atoms with E-state index in [0.717, 1.165) is 42.4 Å². The van der Waals surface area contributed by atoms with Gasteiger partial charge in [-0.05, 0) is 56.8 Å². The SMILES string of the molecule is CCCCCCC1=C(C#C[Si](C)(C)C)CC/C(=C\C(=O)OCC)C=C1C(=O)OCC. The van der Waals surface area contributed by atoms with Crippen molar-refractivity contribution in [3.63, 3.8) is 0 Å². The van der Waals surface area contributed by atoms with Crippen LogP contribution in [0.2, 0.25) is 19.6 Å². The Kier molecular flexibility index (Phi) is 11.5. The molecule has 0 saturated heterocycles. The van der Waals surface area contributed by atoms with Gasteiger partial charge < -0.3 is 9.47 Å². The zero-order valence-electron chi connectivity index (χ0n) is 19.7. The molecule has 0 aromatic heterocycles. The predicted octanol–water partition coefficient (Wildman–Crippen LogP) is 5.91. The van der Waals surface area contributed by atoms with Crippen molar-refractivity contribution in [3.8, 4) is 11.5 Å². The van der Waals surface area contributed by atoms with E-state index >= 15 is 0 Å². The van der Waals surface area contributed by atoms with Crippen molar-refractivity contribution in [3.05, 3.63) is 34.4 Å². The summed E-state index contributed by atoms with van der Waals surface area (Å²) in [7, 11) is -1.57. The Morgan fingerprint density at radius 1 is 1.03 bits per heavy atom. The first-order chi connectivity index (χ1) is 14.2. The van der Waals surface area contributed by atoms with Gasteiger partial charge >= 0.3 is 11.9 Å². The van der Waals surface area contributed by atoms with E-state index in [2.05, 4.69) is 38.0 Å². The van der Waals surface area contributed by atoms with Crippen molar-refractivity contribution in [2.24, 2.45) is 0 Å². The Hall–Kier alpha value is -2.06. The molecule has 0 unspecified atom stereocenters. The number of esters is 2. The van der Waals surface area contributed by atoms with Gasteiger partial charge in [0.15, 0.2) is 0 Å². The Labute approximate surface area is 183 Å². The van der Waals surface area contributed by atoms with Crippen molar-refractivity contribution in [2.45, 2.75) is 85.4 Å². The summed E-state index contributed by atoms with van der Waals surface area (Å²) in [6.07, 6.45) is 9.93. The average Bonchev–Trinajstić information content (AvgIpc) is 2.83. The predicted molar refractivity (Wildman–Crippen MR) is 126 cm³/mol. The van der Waals surface area contributed by atoms with Crippen LogP contribution >= 0.6 is 0 Å². The lowest BCUT2D eigenvalue weighted by molar-refractivity contribution is -0.138. The van der Waals surface area contributed by atoms with Crippen molar-refractivity contribution in [1.82, 2.24) is 0 Å². The van der Waals surface area contributed by atoms with Crippen molar-refractivity contribution in [2.75, 3.05) is 13.2 Å². The molecular weight excluding hydrogens is 392 g/mol. The Balaban J connectivity index is 3.44. The van der Waals surface area contributed by atoms with Crippen LogP contribution in [0.15, 0.2) is 34.4 Å². The van der Waals surface area contributed by atoms with Gasteiger partial charge in [0.05, 0.1) is 18.8 Å². The highest BCUT2D eigenvalue weighted by molar-refractivity contribution is 6.83. The third kappa shape index (κ3) is 9.62. The molecule has 0 saturated carbocycles. The minimum Gasteiger partial charge on any atom is -0.463 e. The minimum atomic E-state index is -1.57. The quantitative estimate of drug-likeness (QED) is 0.150. The number of carbonyl (C=O) groups excluding carboxylic acids is 2. The number of hydrogen-bond acceptors (Lipinski definition) is 4. The smallest absolute Gasteiger partial charge is 0.338 e. The zero-order chi connectivity index (χ0) is 22.6. The molecule has 5 heteroatoms. The van der Waals surface area contributed by atoms with Gasteiger partial charge in [-0.25, -0.2) is 9.59 Å². The number of unbranched alkanes of at least 4 members (excludes halogenated alkanes) is 3. The fraction of sp³-hybridized carbons (Fsp3) is 0.600. The molecule has 0 aromatic rings. The highest BCUT2D eigenvalue weighted by Gasteiger charge is 2.23. The second-order valence-electron chi connectivity index (χ2n) is 8.52. The van der Waals surface area contributed by atoms with Crippen LogP contribution < -0.4 is 0 Å². The van der Waals surface area contributed by atoms with Gasteiger partial charge in [0, 0.05) is 11.6 Å². The second kappa shape index (κ2) is 13.3. The summed E-state index contributed by atoms with van der Waals surface area (Å²) >= 11 is 0. The fourth-order valence-corrected chi connectivity index (χ4v) is 3.71. The Bertz CT molecular complexity index is 754. The second-order valence-corrected chi connectivity index (χ2v) is 13.3. The fourth-order valence-electron chi connectivity index (χ4n) is 3.18. The van der Waals surface area contributed by atoms with Crippen LogP contribution in [-0.2, 0) is 19.1 Å². The first-order valence-electron chi connectivity index (χ1n) is 11.2. The van der Waals surface area contributed by atoms with Gasteiger partial charge in [-0.15, -0.1) is 5.54 Å². The Morgan fingerprint density at radius 3 is 2.33 bits per heavy atom. The molecule has 30 heavy (non-hydrogen) atoms. The number of rotatable bonds is 9. The van der Waals surface area contributed by atoms with Crippen LogP contribution in [0, 0.1) is 11.5 Å². The van der Waals surface area contributed by atoms with Gasteiger partial charge in [0.2, 0.25) is 0 Å². The molecule has 1 rings (SSSR count). The highest BCUT2D eigenvalue weighted by atomic mass is 28.3. The molecule has 1 aliphatic carbocycles. The largest absolute Gasteiger partial charge is 0.463 e. The van der Waals surface area contributed by atoms with Crippen LogP contribution in [0.4, 0.5) is 0 Å². The molecule has 0 atom stereocenters. The van der Waals surface area contributed by atoms with Crippen LogP contribution in [0.5, 0.6) is 0 Å². The molecule has 1 aliphatic rings. The maximum atomic E-state index is 12.8. The third-order valence-electron chi connectivity index (χ3n) is 4.64. The maximum absolute atomic E-state index is 12.8. The van der Waals surface area contributed by atoms with E-state index in [-0.39, 0.29) is 11.9 Å². The van der Waals surface area contributed by atoms with E-state index in [1.54, 1.807) is 13.8 Å². The molecule has 0 bridgehead atoms. The summed E-state index contributed by atoms with van der Waals surface area (Å²) < 4.78 is 10.4. The summed E-state index contributed by atoms with van der Waals surface area (Å²) in [5.74, 6) is 2.70. The zero-order valence-corrected chi connectivity index (χ0v) is 20.7. The molecule has 0 heterocycles. The number of ether oxygens (including phenoxy) is 2. The van der Waals surface area contributed by atoms with E-state index in [1.807, 2.05) is 6.08 Å². The van der Waals surface area contributed by atoms with Crippen LogP contribution in [0.1, 0.15) is 65.7 Å². The van der Waals surface area contributed by atoms with Gasteiger partial charge in [-0.3, -0.25) is 0 Å². The van der Waals surface area contributed by atoms with E-state index in [0.29, 0.717) is 31.6 Å². The average molecular weight is 431 g/mol. The molecule has 0 amide bonds. The van der Waals surface area contributed by atoms with E-state index in [4.69, 9.17) is 9.47 Å². The van der Waals surface area contributed by atoms with Crippen molar-refractivity contribution >= 4 is 20.0 Å². The van der Waals surface area contributed by atoms with Crippen molar-refractivity contribution < 1.29 is 19.1 Å². The first kappa shape index (κ1) is 26.0. The maximum Gasteiger partial charge on any atom is 0.338 e. The molecule has 166 valence electrons. The molecule has 4 nitrogen and oxygen atoms in total. The van der Waals surface area contributed by atoms with Gasteiger partial charge in [0.25, 0.3) is 0 Å². The van der Waals surface area contributed by atoms with Gasteiger partial charge in [-0.2, -0.15) is 0 Å². The lowest BCUT2D eigenvalue weighted by atomic mass is 9.94. The first-order valence-corrected chi connectivity index (χ1v) is 14.7. The lowest BCUT2D eigenvalue weighted by Crippen LogP contribution is -2.16. The van der Waals surface area contributed by atoms with E-state index in [1.165, 1.54) is 12.5 Å². The molecule has 0 aliphatic heterocycles. The summed E-state index contributed by atoms with van der Waals surface area (Å²) in [6, 6.07) is 0. The van der Waals surface area contributed by atoms with Crippen molar-refractivity contribution in [1.29, 1.82) is 0 Å². The van der Waals surface area contributed by atoms with Gasteiger partial charge in [0.1, 0.15) is 8.07 Å². The monoisotopic (exact) mass is 430 g/mol. The molecule has 0 radical (unpaired) electrons. The van der Waals surface area contributed by atoms with E-state index < -0.39 is 8.07 Å².